The summed E-state index contributed by atoms with van der Waals surface area (Å²) in [5.41, 5.74) is 0.629. The normalized spacial score (nSPS) is 12.2. The molecule has 118 valence electrons. The van der Waals surface area contributed by atoms with Crippen molar-refractivity contribution in [3.63, 3.8) is 0 Å². The van der Waals surface area contributed by atoms with Crippen LogP contribution in [0.15, 0.2) is 34.6 Å². The van der Waals surface area contributed by atoms with E-state index < -0.39 is 6.10 Å². The fourth-order valence-corrected chi connectivity index (χ4v) is 2.76. The molecule has 0 radical (unpaired) electrons. The van der Waals surface area contributed by atoms with E-state index in [1.165, 1.54) is 11.8 Å². The third kappa shape index (κ3) is 4.22. The minimum atomic E-state index is -0.503. The standard InChI is InChI=1S/C14H17ClN4O2S/c1-4-21-9(2)13(20)17-10-5-6-12(11(15)7-10)22-14-18-16-8-19(14)3/h5-9H,4H2,1-3H3,(H,17,20)/t9-/m1/s1. The molecule has 2 aromatic rings. The number of hydrogen-bond donors (Lipinski definition) is 1. The Morgan fingerprint density at radius 3 is 2.91 bits per heavy atom. The largest absolute Gasteiger partial charge is 0.369 e. The highest BCUT2D eigenvalue weighted by molar-refractivity contribution is 7.99. The van der Waals surface area contributed by atoms with Crippen molar-refractivity contribution in [2.75, 3.05) is 11.9 Å². The molecule has 0 unspecified atom stereocenters. The first-order valence-corrected chi connectivity index (χ1v) is 7.94. The molecule has 22 heavy (non-hydrogen) atoms. The summed E-state index contributed by atoms with van der Waals surface area (Å²) in [7, 11) is 1.86. The smallest absolute Gasteiger partial charge is 0.253 e. The minimum Gasteiger partial charge on any atom is -0.369 e. The fraction of sp³-hybridized carbons (Fsp3) is 0.357. The van der Waals surface area contributed by atoms with Gasteiger partial charge in [0.2, 0.25) is 0 Å². The summed E-state index contributed by atoms with van der Waals surface area (Å²) in [6.45, 7) is 4.04. The monoisotopic (exact) mass is 340 g/mol. The van der Waals surface area contributed by atoms with E-state index in [9.17, 15) is 4.79 Å². The van der Waals surface area contributed by atoms with Gasteiger partial charge < -0.3 is 14.6 Å². The van der Waals surface area contributed by atoms with Crippen LogP contribution in [0.5, 0.6) is 0 Å². The Hall–Kier alpha value is -1.57. The van der Waals surface area contributed by atoms with Gasteiger partial charge in [0.05, 0.1) is 5.02 Å². The number of halogens is 1. The van der Waals surface area contributed by atoms with Crippen molar-refractivity contribution in [2.24, 2.45) is 7.05 Å². The number of nitrogens with zero attached hydrogens (tertiary/aromatic N) is 3. The van der Waals surface area contributed by atoms with Crippen LogP contribution in [-0.4, -0.2) is 33.4 Å². The van der Waals surface area contributed by atoms with Gasteiger partial charge in [0.1, 0.15) is 12.4 Å². The van der Waals surface area contributed by atoms with Crippen LogP contribution in [0, 0.1) is 0 Å². The van der Waals surface area contributed by atoms with Crippen molar-refractivity contribution in [1.82, 2.24) is 14.8 Å². The topological polar surface area (TPSA) is 69.0 Å². The Morgan fingerprint density at radius 1 is 1.55 bits per heavy atom. The van der Waals surface area contributed by atoms with Crippen molar-refractivity contribution in [2.45, 2.75) is 30.0 Å². The number of amides is 1. The lowest BCUT2D eigenvalue weighted by molar-refractivity contribution is -0.126. The lowest BCUT2D eigenvalue weighted by Crippen LogP contribution is -2.27. The lowest BCUT2D eigenvalue weighted by Gasteiger charge is -2.13. The van der Waals surface area contributed by atoms with Crippen LogP contribution in [0.1, 0.15) is 13.8 Å². The molecule has 1 aromatic heterocycles. The molecular formula is C14H17ClN4O2S. The molecule has 8 heteroatoms. The van der Waals surface area contributed by atoms with E-state index in [0.717, 1.165) is 10.1 Å². The zero-order chi connectivity index (χ0) is 16.1. The minimum absolute atomic E-state index is 0.202. The second-order valence-corrected chi connectivity index (χ2v) is 5.97. The summed E-state index contributed by atoms with van der Waals surface area (Å²) in [6.07, 6.45) is 1.12. The number of benzene rings is 1. The van der Waals surface area contributed by atoms with E-state index in [1.54, 1.807) is 30.0 Å². The zero-order valence-electron chi connectivity index (χ0n) is 12.5. The highest BCUT2D eigenvalue weighted by Gasteiger charge is 2.14. The Labute approximate surface area is 138 Å². The Kier molecular flexibility index (Phi) is 5.82. The first-order valence-electron chi connectivity index (χ1n) is 6.75. The summed E-state index contributed by atoms with van der Waals surface area (Å²) in [5.74, 6) is -0.202. The van der Waals surface area contributed by atoms with E-state index in [2.05, 4.69) is 15.5 Å². The number of nitrogens with one attached hydrogen (secondary N) is 1. The van der Waals surface area contributed by atoms with Gasteiger partial charge in [-0.05, 0) is 43.8 Å². The number of carbonyl (C=O) groups is 1. The molecule has 1 aromatic carbocycles. The molecule has 0 aliphatic carbocycles. The molecule has 2 rings (SSSR count). The number of aromatic nitrogens is 3. The predicted octanol–water partition coefficient (Wildman–Crippen LogP) is 2.98. The van der Waals surface area contributed by atoms with Gasteiger partial charge in [0.15, 0.2) is 5.16 Å². The van der Waals surface area contributed by atoms with E-state index >= 15 is 0 Å². The lowest BCUT2D eigenvalue weighted by atomic mass is 10.3. The van der Waals surface area contributed by atoms with Crippen LogP contribution in [0.4, 0.5) is 5.69 Å². The first kappa shape index (κ1) is 16.8. The quantitative estimate of drug-likeness (QED) is 0.875. The summed E-state index contributed by atoms with van der Waals surface area (Å²) in [6, 6.07) is 5.33. The van der Waals surface area contributed by atoms with Crippen molar-refractivity contribution in [3.05, 3.63) is 29.5 Å². The Bertz CT molecular complexity index is 662. The molecule has 0 fully saturated rings. The van der Waals surface area contributed by atoms with E-state index in [1.807, 2.05) is 20.0 Å². The maximum Gasteiger partial charge on any atom is 0.253 e. The number of hydrogen-bond acceptors (Lipinski definition) is 5. The summed E-state index contributed by atoms with van der Waals surface area (Å²) < 4.78 is 7.05. The third-order valence-corrected chi connectivity index (χ3v) is 4.41. The molecule has 1 N–H and O–H groups in total. The van der Waals surface area contributed by atoms with Crippen molar-refractivity contribution in [3.8, 4) is 0 Å². The van der Waals surface area contributed by atoms with Crippen LogP contribution in [0.3, 0.4) is 0 Å². The zero-order valence-corrected chi connectivity index (χ0v) is 14.1. The van der Waals surface area contributed by atoms with Gasteiger partial charge >= 0.3 is 0 Å². The van der Waals surface area contributed by atoms with E-state index in [4.69, 9.17) is 16.3 Å². The molecule has 0 saturated heterocycles. The molecule has 0 aliphatic rings. The molecule has 0 aliphatic heterocycles. The number of carbonyl (C=O) groups excluding carboxylic acids is 1. The van der Waals surface area contributed by atoms with Gasteiger partial charge in [-0.3, -0.25) is 4.79 Å². The number of ether oxygens (including phenoxy) is 1. The van der Waals surface area contributed by atoms with E-state index in [0.29, 0.717) is 17.3 Å². The Balaban J connectivity index is 2.06. The molecule has 0 saturated carbocycles. The van der Waals surface area contributed by atoms with Crippen LogP contribution < -0.4 is 5.32 Å². The second kappa shape index (κ2) is 7.62. The molecular weight excluding hydrogens is 324 g/mol. The Morgan fingerprint density at radius 2 is 2.32 bits per heavy atom. The molecule has 0 spiro atoms. The first-order chi connectivity index (χ1) is 10.5. The SMILES string of the molecule is CCO[C@H](C)C(=O)Nc1ccc(Sc2nncn2C)c(Cl)c1. The fourth-order valence-electron chi connectivity index (χ4n) is 1.69. The maximum atomic E-state index is 11.9. The summed E-state index contributed by atoms with van der Waals surface area (Å²) >= 11 is 7.67. The molecule has 1 heterocycles. The molecule has 1 atom stereocenters. The van der Waals surface area contributed by atoms with Gasteiger partial charge in [-0.15, -0.1) is 10.2 Å². The average Bonchev–Trinajstić information content (AvgIpc) is 2.87. The third-order valence-electron chi connectivity index (χ3n) is 2.86. The number of anilines is 1. The number of rotatable bonds is 6. The molecule has 1 amide bonds. The molecule has 0 bridgehead atoms. The maximum absolute atomic E-state index is 11.9. The molecule has 6 nitrogen and oxygen atoms in total. The second-order valence-electron chi connectivity index (χ2n) is 4.56. The van der Waals surface area contributed by atoms with Gasteiger partial charge in [0, 0.05) is 24.2 Å². The van der Waals surface area contributed by atoms with E-state index in [-0.39, 0.29) is 5.91 Å². The van der Waals surface area contributed by atoms with Gasteiger partial charge in [-0.25, -0.2) is 0 Å². The highest BCUT2D eigenvalue weighted by Crippen LogP contribution is 2.33. The van der Waals surface area contributed by atoms with Gasteiger partial charge in [-0.2, -0.15) is 0 Å². The average molecular weight is 341 g/mol. The van der Waals surface area contributed by atoms with Gasteiger partial charge in [0.25, 0.3) is 5.91 Å². The van der Waals surface area contributed by atoms with Crippen LogP contribution in [-0.2, 0) is 16.6 Å². The summed E-state index contributed by atoms with van der Waals surface area (Å²) in [4.78, 5) is 12.7. The van der Waals surface area contributed by atoms with Crippen LogP contribution >= 0.6 is 23.4 Å². The van der Waals surface area contributed by atoms with Crippen molar-refractivity contribution < 1.29 is 9.53 Å². The predicted molar refractivity (Wildman–Crippen MR) is 86.3 cm³/mol. The highest BCUT2D eigenvalue weighted by atomic mass is 35.5. The van der Waals surface area contributed by atoms with Crippen LogP contribution in [0.25, 0.3) is 0 Å². The van der Waals surface area contributed by atoms with Crippen molar-refractivity contribution in [1.29, 1.82) is 0 Å². The number of aryl methyl sites for hydroxylation is 1. The van der Waals surface area contributed by atoms with Crippen molar-refractivity contribution >= 4 is 35.0 Å². The van der Waals surface area contributed by atoms with Gasteiger partial charge in [-0.1, -0.05) is 11.6 Å². The van der Waals surface area contributed by atoms with Crippen LogP contribution in [0.2, 0.25) is 5.02 Å². The summed E-state index contributed by atoms with van der Waals surface area (Å²) in [5, 5.41) is 11.9.